The van der Waals surface area contributed by atoms with E-state index in [1.165, 1.54) is 0 Å². The first-order chi connectivity index (χ1) is 4.09. The van der Waals surface area contributed by atoms with Crippen LogP contribution in [0.2, 0.25) is 0 Å². The Hall–Kier alpha value is -0.760. The van der Waals surface area contributed by atoms with Gasteiger partial charge in [0.15, 0.2) is 0 Å². The van der Waals surface area contributed by atoms with Gasteiger partial charge in [-0.05, 0) is 0 Å². The molecule has 0 saturated heterocycles. The van der Waals surface area contributed by atoms with Crippen LogP contribution in [0.1, 0.15) is 0 Å². The second-order valence-electron chi connectivity index (χ2n) is 1.48. The van der Waals surface area contributed by atoms with Crippen LogP contribution in [-0.4, -0.2) is 28.3 Å². The lowest BCUT2D eigenvalue weighted by Crippen LogP contribution is -2.40. The number of hydrogen-bond donors (Lipinski definition) is 3. The molecule has 5 heteroatoms. The summed E-state index contributed by atoms with van der Waals surface area (Å²) < 4.78 is 0. The number of aliphatic carboxylic acids is 1. The summed E-state index contributed by atoms with van der Waals surface area (Å²) in [5.41, 5.74) is 4.88. The molecular formula is C5H8ClNO3. The third-order valence-electron chi connectivity index (χ3n) is 0.796. The molecule has 0 aromatic heterocycles. The van der Waals surface area contributed by atoms with Crippen molar-refractivity contribution < 1.29 is 15.0 Å². The molecule has 0 aliphatic rings. The minimum atomic E-state index is -1.40. The van der Waals surface area contributed by atoms with Gasteiger partial charge in [-0.15, -0.1) is 18.8 Å². The molecule has 0 spiro atoms. The van der Waals surface area contributed by atoms with Crippen LogP contribution in [0, 0.1) is 12.3 Å². The summed E-state index contributed by atoms with van der Waals surface area (Å²) >= 11 is 0. The topological polar surface area (TPSA) is 83.5 Å². The fraction of sp³-hybridized carbons (Fsp3) is 0.400. The minimum absolute atomic E-state index is 0. The van der Waals surface area contributed by atoms with E-state index in [-0.39, 0.29) is 12.4 Å². The summed E-state index contributed by atoms with van der Waals surface area (Å²) in [7, 11) is 0. The molecule has 0 amide bonds. The zero-order chi connectivity index (χ0) is 7.44. The molecule has 0 bridgehead atoms. The maximum atomic E-state index is 9.92. The monoisotopic (exact) mass is 165 g/mol. The summed E-state index contributed by atoms with van der Waals surface area (Å²) in [5.74, 6) is 0.491. The number of aliphatic hydroxyl groups excluding tert-OH is 1. The largest absolute Gasteiger partial charge is 0.480 e. The van der Waals surface area contributed by atoms with Crippen LogP contribution in [0.5, 0.6) is 0 Å². The molecule has 0 aromatic rings. The van der Waals surface area contributed by atoms with Crippen molar-refractivity contribution >= 4 is 18.4 Å². The van der Waals surface area contributed by atoms with E-state index in [1.54, 1.807) is 5.92 Å². The number of aliphatic hydroxyl groups is 1. The third-order valence-corrected chi connectivity index (χ3v) is 0.796. The normalized spacial score (nSPS) is 14.1. The van der Waals surface area contributed by atoms with Crippen molar-refractivity contribution in [2.75, 3.05) is 0 Å². The molecule has 0 aromatic carbocycles. The van der Waals surface area contributed by atoms with Crippen molar-refractivity contribution in [3.05, 3.63) is 0 Å². The quantitative estimate of drug-likeness (QED) is 0.450. The predicted octanol–water partition coefficient (Wildman–Crippen LogP) is -1.19. The smallest absolute Gasteiger partial charge is 0.324 e. The Morgan fingerprint density at radius 1 is 1.70 bits per heavy atom. The van der Waals surface area contributed by atoms with E-state index in [4.69, 9.17) is 15.9 Å². The lowest BCUT2D eigenvalue weighted by molar-refractivity contribution is -0.140. The zero-order valence-corrected chi connectivity index (χ0v) is 5.84. The second-order valence-corrected chi connectivity index (χ2v) is 1.48. The third kappa shape index (κ3) is 3.30. The maximum absolute atomic E-state index is 9.92. The van der Waals surface area contributed by atoms with Gasteiger partial charge in [0.25, 0.3) is 0 Å². The van der Waals surface area contributed by atoms with E-state index < -0.39 is 18.1 Å². The molecule has 0 rings (SSSR count). The highest BCUT2D eigenvalue weighted by Gasteiger charge is 2.18. The average molecular weight is 166 g/mol. The highest BCUT2D eigenvalue weighted by atomic mass is 35.5. The summed E-state index contributed by atoms with van der Waals surface area (Å²) in [4.78, 5) is 9.92. The van der Waals surface area contributed by atoms with Crippen molar-refractivity contribution in [1.82, 2.24) is 0 Å². The van der Waals surface area contributed by atoms with Crippen molar-refractivity contribution in [3.63, 3.8) is 0 Å². The fourth-order valence-corrected chi connectivity index (χ4v) is 0.239. The number of nitrogens with two attached hydrogens (primary N) is 1. The summed E-state index contributed by atoms with van der Waals surface area (Å²) in [6, 6.07) is -1.38. The Balaban J connectivity index is 0. The van der Waals surface area contributed by atoms with E-state index in [9.17, 15) is 4.79 Å². The van der Waals surface area contributed by atoms with Crippen LogP contribution in [0.4, 0.5) is 0 Å². The SMILES string of the molecule is C#C[C@@H](O)[C@H](N)C(=O)O.Cl. The van der Waals surface area contributed by atoms with Crippen LogP contribution in [0.3, 0.4) is 0 Å². The highest BCUT2D eigenvalue weighted by Crippen LogP contribution is 1.86. The van der Waals surface area contributed by atoms with E-state index in [1.807, 2.05) is 0 Å². The molecule has 0 aliphatic carbocycles. The minimum Gasteiger partial charge on any atom is -0.480 e. The number of halogens is 1. The van der Waals surface area contributed by atoms with Crippen molar-refractivity contribution in [1.29, 1.82) is 0 Å². The number of terminal acetylenes is 1. The van der Waals surface area contributed by atoms with Crippen LogP contribution in [0.15, 0.2) is 0 Å². The van der Waals surface area contributed by atoms with Gasteiger partial charge in [-0.2, -0.15) is 0 Å². The number of hydrogen-bond acceptors (Lipinski definition) is 3. The van der Waals surface area contributed by atoms with Gasteiger partial charge in [0.2, 0.25) is 0 Å². The first-order valence-corrected chi connectivity index (χ1v) is 2.22. The van der Waals surface area contributed by atoms with Crippen molar-refractivity contribution in [2.24, 2.45) is 5.73 Å². The number of carboxylic acid groups (broad SMARTS) is 1. The van der Waals surface area contributed by atoms with Gasteiger partial charge in [0.05, 0.1) is 0 Å². The Morgan fingerprint density at radius 2 is 2.10 bits per heavy atom. The second kappa shape index (κ2) is 5.06. The molecule has 4 nitrogen and oxygen atoms in total. The van der Waals surface area contributed by atoms with Crippen LogP contribution >= 0.6 is 12.4 Å². The fourth-order valence-electron chi connectivity index (χ4n) is 0.239. The molecule has 0 aliphatic heterocycles. The first kappa shape index (κ1) is 12.0. The van der Waals surface area contributed by atoms with Crippen LogP contribution in [-0.2, 0) is 4.79 Å². The van der Waals surface area contributed by atoms with Gasteiger partial charge < -0.3 is 15.9 Å². The Kier molecular flexibility index (Phi) is 6.05. The molecule has 0 radical (unpaired) electrons. The number of carboxylic acids is 1. The Bertz CT molecular complexity index is 153. The number of rotatable bonds is 2. The Labute approximate surface area is 64.4 Å². The first-order valence-electron chi connectivity index (χ1n) is 2.22. The van der Waals surface area contributed by atoms with E-state index >= 15 is 0 Å². The summed E-state index contributed by atoms with van der Waals surface area (Å²) in [5, 5.41) is 16.7. The van der Waals surface area contributed by atoms with Gasteiger partial charge in [0.1, 0.15) is 12.1 Å². The molecular weight excluding hydrogens is 158 g/mol. The van der Waals surface area contributed by atoms with Crippen molar-refractivity contribution in [3.8, 4) is 12.3 Å². The summed E-state index contributed by atoms with van der Waals surface area (Å²) in [6.07, 6.45) is 3.27. The van der Waals surface area contributed by atoms with E-state index in [0.29, 0.717) is 0 Å². The molecule has 4 N–H and O–H groups in total. The molecule has 0 heterocycles. The predicted molar refractivity (Wildman–Crippen MR) is 37.7 cm³/mol. The van der Waals surface area contributed by atoms with Gasteiger partial charge in [-0.25, -0.2) is 0 Å². The zero-order valence-electron chi connectivity index (χ0n) is 5.02. The van der Waals surface area contributed by atoms with E-state index in [2.05, 4.69) is 6.42 Å². The Morgan fingerprint density at radius 3 is 2.20 bits per heavy atom. The molecule has 0 unspecified atom stereocenters. The van der Waals surface area contributed by atoms with Crippen molar-refractivity contribution in [2.45, 2.75) is 12.1 Å². The molecule has 2 atom stereocenters. The molecule has 58 valence electrons. The molecule has 0 saturated carbocycles. The lowest BCUT2D eigenvalue weighted by Gasteiger charge is -2.06. The van der Waals surface area contributed by atoms with Gasteiger partial charge in [0, 0.05) is 0 Å². The summed E-state index contributed by atoms with van der Waals surface area (Å²) in [6.45, 7) is 0. The van der Waals surface area contributed by atoms with Gasteiger partial charge >= 0.3 is 5.97 Å². The number of carbonyl (C=O) groups is 1. The van der Waals surface area contributed by atoms with Crippen LogP contribution in [0.25, 0.3) is 0 Å². The van der Waals surface area contributed by atoms with Crippen LogP contribution < -0.4 is 5.73 Å². The lowest BCUT2D eigenvalue weighted by atomic mass is 10.2. The molecule has 0 fully saturated rings. The van der Waals surface area contributed by atoms with E-state index in [0.717, 1.165) is 0 Å². The highest BCUT2D eigenvalue weighted by molar-refractivity contribution is 5.85. The standard InChI is InChI=1S/C5H7NO3.ClH/c1-2-3(7)4(6)5(8)9;/h1,3-4,7H,6H2,(H,8,9);1H/t3-,4+;/m1./s1. The van der Waals surface area contributed by atoms with Gasteiger partial charge in [-0.3, -0.25) is 4.79 Å². The maximum Gasteiger partial charge on any atom is 0.324 e. The van der Waals surface area contributed by atoms with Gasteiger partial charge in [-0.1, -0.05) is 5.92 Å². The molecule has 10 heavy (non-hydrogen) atoms. The average Bonchev–Trinajstić information content (AvgIpc) is 1.84.